The summed E-state index contributed by atoms with van der Waals surface area (Å²) in [6, 6.07) is 10.5. The summed E-state index contributed by atoms with van der Waals surface area (Å²) in [5.74, 6) is 0. The third-order valence-corrected chi connectivity index (χ3v) is 2.74. The van der Waals surface area contributed by atoms with E-state index in [-0.39, 0.29) is 0 Å². The summed E-state index contributed by atoms with van der Waals surface area (Å²) in [5, 5.41) is 0. The van der Waals surface area contributed by atoms with Crippen LogP contribution >= 0.6 is 11.8 Å². The maximum absolute atomic E-state index is 2.30. The monoisotopic (exact) mass is 192 g/mol. The van der Waals surface area contributed by atoms with Gasteiger partial charge in [0.25, 0.3) is 0 Å². The zero-order valence-electron chi connectivity index (χ0n) is 8.29. The third-order valence-electron chi connectivity index (χ3n) is 1.74. The van der Waals surface area contributed by atoms with Crippen LogP contribution in [-0.4, -0.2) is 0 Å². The van der Waals surface area contributed by atoms with Gasteiger partial charge in [0, 0.05) is 4.90 Å². The van der Waals surface area contributed by atoms with Crippen molar-refractivity contribution >= 4 is 11.8 Å². The molecule has 0 aliphatic heterocycles. The van der Waals surface area contributed by atoms with E-state index in [1.54, 1.807) is 0 Å². The van der Waals surface area contributed by atoms with Gasteiger partial charge in [-0.3, -0.25) is 0 Å². The fourth-order valence-electron chi connectivity index (χ4n) is 1.06. The summed E-state index contributed by atoms with van der Waals surface area (Å²) in [5.41, 5.74) is 0. The van der Waals surface area contributed by atoms with Crippen molar-refractivity contribution in [2.24, 2.45) is 0 Å². The second-order valence-electron chi connectivity index (χ2n) is 3.02. The Labute approximate surface area is 85.1 Å². The molecule has 0 aliphatic rings. The van der Waals surface area contributed by atoms with Gasteiger partial charge in [-0.05, 0) is 30.4 Å². The molecule has 0 unspecified atom stereocenters. The molecular weight excluding hydrogens is 176 g/mol. The van der Waals surface area contributed by atoms with Crippen LogP contribution in [0, 0.1) is 0 Å². The Morgan fingerprint density at radius 3 is 2.62 bits per heavy atom. The molecule has 0 aliphatic carbocycles. The molecule has 70 valence electrons. The van der Waals surface area contributed by atoms with Gasteiger partial charge in [0.05, 0.1) is 0 Å². The van der Waals surface area contributed by atoms with Gasteiger partial charge in [-0.2, -0.15) is 0 Å². The largest absolute Gasteiger partial charge is 0.0952 e. The standard InChI is InChI=1S/C12H16S/c1-3-4-8-11(2)13-12-9-6-5-7-10-12/h5-10H,3-4H2,1-2H3/b11-8+. The first-order valence-corrected chi connectivity index (χ1v) is 5.54. The molecule has 0 nitrogen and oxygen atoms in total. The molecule has 0 bridgehead atoms. The van der Waals surface area contributed by atoms with E-state index in [4.69, 9.17) is 0 Å². The number of hydrogen-bond donors (Lipinski definition) is 0. The lowest BCUT2D eigenvalue weighted by Crippen LogP contribution is -1.71. The lowest BCUT2D eigenvalue weighted by Gasteiger charge is -2.00. The van der Waals surface area contributed by atoms with E-state index in [1.165, 1.54) is 22.6 Å². The molecule has 0 aromatic heterocycles. The highest BCUT2D eigenvalue weighted by Crippen LogP contribution is 2.25. The summed E-state index contributed by atoms with van der Waals surface area (Å²) in [6.45, 7) is 4.38. The third kappa shape index (κ3) is 4.18. The molecule has 13 heavy (non-hydrogen) atoms. The van der Waals surface area contributed by atoms with Gasteiger partial charge in [-0.25, -0.2) is 0 Å². The molecule has 0 amide bonds. The predicted octanol–water partition coefficient (Wildman–Crippen LogP) is 4.48. The van der Waals surface area contributed by atoms with E-state index in [0.29, 0.717) is 0 Å². The SMILES string of the molecule is CCC/C=C(\C)Sc1ccccc1. The van der Waals surface area contributed by atoms with E-state index < -0.39 is 0 Å². The van der Waals surface area contributed by atoms with Crippen molar-refractivity contribution in [3.63, 3.8) is 0 Å². The van der Waals surface area contributed by atoms with E-state index >= 15 is 0 Å². The summed E-state index contributed by atoms with van der Waals surface area (Å²) >= 11 is 1.84. The van der Waals surface area contributed by atoms with Crippen molar-refractivity contribution in [2.75, 3.05) is 0 Å². The van der Waals surface area contributed by atoms with Gasteiger partial charge in [0.2, 0.25) is 0 Å². The van der Waals surface area contributed by atoms with E-state index in [1.807, 2.05) is 11.8 Å². The minimum absolute atomic E-state index is 1.19. The minimum Gasteiger partial charge on any atom is -0.0952 e. The molecule has 0 heterocycles. The van der Waals surface area contributed by atoms with E-state index in [0.717, 1.165) is 0 Å². The topological polar surface area (TPSA) is 0 Å². The molecule has 1 rings (SSSR count). The first-order chi connectivity index (χ1) is 6.33. The van der Waals surface area contributed by atoms with Gasteiger partial charge in [-0.15, -0.1) is 0 Å². The molecule has 0 N–H and O–H groups in total. The first kappa shape index (κ1) is 10.4. The second kappa shape index (κ2) is 5.87. The van der Waals surface area contributed by atoms with Gasteiger partial charge in [-0.1, -0.05) is 49.4 Å². The number of thioether (sulfide) groups is 1. The van der Waals surface area contributed by atoms with Crippen LogP contribution in [-0.2, 0) is 0 Å². The Morgan fingerprint density at radius 1 is 1.31 bits per heavy atom. The van der Waals surface area contributed by atoms with Crippen LogP contribution in [0.3, 0.4) is 0 Å². The highest BCUT2D eigenvalue weighted by Gasteiger charge is 1.92. The Morgan fingerprint density at radius 2 is 2.00 bits per heavy atom. The predicted molar refractivity (Wildman–Crippen MR) is 61.0 cm³/mol. The zero-order valence-corrected chi connectivity index (χ0v) is 9.10. The molecule has 0 radical (unpaired) electrons. The molecule has 0 fully saturated rings. The zero-order chi connectivity index (χ0) is 9.52. The van der Waals surface area contributed by atoms with Gasteiger partial charge in [0.15, 0.2) is 0 Å². The van der Waals surface area contributed by atoms with Crippen molar-refractivity contribution in [3.05, 3.63) is 41.3 Å². The highest BCUT2D eigenvalue weighted by atomic mass is 32.2. The Hall–Kier alpha value is -0.690. The van der Waals surface area contributed by atoms with Crippen molar-refractivity contribution in [3.8, 4) is 0 Å². The average molecular weight is 192 g/mol. The maximum Gasteiger partial charge on any atom is 0.0118 e. The normalized spacial score (nSPS) is 11.7. The second-order valence-corrected chi connectivity index (χ2v) is 4.34. The Balaban J connectivity index is 2.50. The molecule has 1 aromatic carbocycles. The van der Waals surface area contributed by atoms with Crippen LogP contribution in [0.2, 0.25) is 0 Å². The summed E-state index contributed by atoms with van der Waals surface area (Å²) in [7, 11) is 0. The van der Waals surface area contributed by atoms with Crippen molar-refractivity contribution < 1.29 is 0 Å². The van der Waals surface area contributed by atoms with Crippen molar-refractivity contribution in [1.82, 2.24) is 0 Å². The van der Waals surface area contributed by atoms with Gasteiger partial charge in [0.1, 0.15) is 0 Å². The van der Waals surface area contributed by atoms with Crippen LogP contribution in [0.15, 0.2) is 46.2 Å². The van der Waals surface area contributed by atoms with E-state index in [9.17, 15) is 0 Å². The van der Waals surface area contributed by atoms with E-state index in [2.05, 4.69) is 50.3 Å². The maximum atomic E-state index is 2.30. The van der Waals surface area contributed by atoms with Gasteiger partial charge < -0.3 is 0 Å². The Bertz CT molecular complexity index is 262. The van der Waals surface area contributed by atoms with Crippen molar-refractivity contribution in [2.45, 2.75) is 31.6 Å². The molecule has 1 aromatic rings. The number of unbranched alkanes of at least 4 members (excludes halogenated alkanes) is 1. The highest BCUT2D eigenvalue weighted by molar-refractivity contribution is 8.03. The summed E-state index contributed by atoms with van der Waals surface area (Å²) in [6.07, 6.45) is 4.72. The average Bonchev–Trinajstić information content (AvgIpc) is 2.16. The lowest BCUT2D eigenvalue weighted by molar-refractivity contribution is 0.955. The fourth-order valence-corrected chi connectivity index (χ4v) is 1.93. The molecule has 0 spiro atoms. The van der Waals surface area contributed by atoms with Crippen LogP contribution in [0.5, 0.6) is 0 Å². The molecule has 0 atom stereocenters. The Kier molecular flexibility index (Phi) is 4.69. The lowest BCUT2D eigenvalue weighted by atomic mass is 10.3. The molecule has 1 heteroatoms. The van der Waals surface area contributed by atoms with Crippen LogP contribution in [0.4, 0.5) is 0 Å². The fraction of sp³-hybridized carbons (Fsp3) is 0.333. The quantitative estimate of drug-likeness (QED) is 0.634. The number of benzene rings is 1. The number of allylic oxidation sites excluding steroid dienone is 2. The molecule has 0 saturated heterocycles. The van der Waals surface area contributed by atoms with Gasteiger partial charge >= 0.3 is 0 Å². The first-order valence-electron chi connectivity index (χ1n) is 4.72. The van der Waals surface area contributed by atoms with Crippen LogP contribution < -0.4 is 0 Å². The summed E-state index contributed by atoms with van der Waals surface area (Å²) in [4.78, 5) is 2.72. The number of hydrogen-bond acceptors (Lipinski definition) is 1. The minimum atomic E-state index is 1.19. The summed E-state index contributed by atoms with van der Waals surface area (Å²) < 4.78 is 0. The smallest absolute Gasteiger partial charge is 0.0118 e. The van der Waals surface area contributed by atoms with Crippen LogP contribution in [0.1, 0.15) is 26.7 Å². The molecular formula is C12H16S. The van der Waals surface area contributed by atoms with Crippen LogP contribution in [0.25, 0.3) is 0 Å². The van der Waals surface area contributed by atoms with Crippen molar-refractivity contribution in [1.29, 1.82) is 0 Å². The molecule has 0 saturated carbocycles. The number of rotatable bonds is 4.